The molecule has 0 saturated heterocycles. The number of rotatable bonds is 3. The zero-order valence-corrected chi connectivity index (χ0v) is 10.6. The van der Waals surface area contributed by atoms with Gasteiger partial charge in [0, 0.05) is 18.1 Å². The van der Waals surface area contributed by atoms with E-state index in [1.54, 1.807) is 6.20 Å². The van der Waals surface area contributed by atoms with Gasteiger partial charge in [0.25, 0.3) is 0 Å². The molecule has 100 valence electrons. The van der Waals surface area contributed by atoms with E-state index in [1.807, 2.05) is 30.3 Å². The minimum atomic E-state index is -0.468. The van der Waals surface area contributed by atoms with Gasteiger partial charge < -0.3 is 5.32 Å². The fourth-order valence-corrected chi connectivity index (χ4v) is 2.13. The molecular weight excluding hydrogens is 258 g/mol. The number of hydrogen-bond acceptors (Lipinski definition) is 2. The molecule has 20 heavy (non-hydrogen) atoms. The third-order valence-corrected chi connectivity index (χ3v) is 3.14. The molecular formula is C16H12F2N2. The Labute approximate surface area is 115 Å². The van der Waals surface area contributed by atoms with E-state index in [0.717, 1.165) is 34.7 Å². The van der Waals surface area contributed by atoms with Gasteiger partial charge in [0.2, 0.25) is 0 Å². The van der Waals surface area contributed by atoms with Crippen LogP contribution in [0, 0.1) is 11.6 Å². The first-order valence-corrected chi connectivity index (χ1v) is 6.25. The van der Waals surface area contributed by atoms with Crippen molar-refractivity contribution in [3.63, 3.8) is 0 Å². The lowest BCUT2D eigenvalue weighted by atomic mass is 10.1. The number of anilines is 1. The highest BCUT2D eigenvalue weighted by Crippen LogP contribution is 2.20. The Hall–Kier alpha value is -2.49. The molecule has 0 spiro atoms. The van der Waals surface area contributed by atoms with E-state index in [0.29, 0.717) is 6.54 Å². The number of nitrogens with zero attached hydrogens (tertiary/aromatic N) is 1. The number of halogens is 2. The highest BCUT2D eigenvalue weighted by atomic mass is 19.1. The first-order chi connectivity index (χ1) is 9.74. The summed E-state index contributed by atoms with van der Waals surface area (Å²) < 4.78 is 26.7. The van der Waals surface area contributed by atoms with Gasteiger partial charge in [-0.3, -0.25) is 4.98 Å². The van der Waals surface area contributed by atoms with Crippen LogP contribution in [-0.4, -0.2) is 4.98 Å². The minimum Gasteiger partial charge on any atom is -0.378 e. The van der Waals surface area contributed by atoms with E-state index < -0.39 is 11.6 Å². The molecule has 2 aromatic carbocycles. The molecule has 0 bridgehead atoms. The van der Waals surface area contributed by atoms with Crippen LogP contribution in [0.1, 0.15) is 5.56 Å². The van der Waals surface area contributed by atoms with E-state index in [4.69, 9.17) is 0 Å². The summed E-state index contributed by atoms with van der Waals surface area (Å²) in [5.74, 6) is -0.932. The van der Waals surface area contributed by atoms with Gasteiger partial charge in [0.15, 0.2) is 0 Å². The smallest absolute Gasteiger partial charge is 0.146 e. The third kappa shape index (κ3) is 2.45. The maximum absolute atomic E-state index is 13.5. The predicted octanol–water partition coefficient (Wildman–Crippen LogP) is 4.13. The maximum atomic E-state index is 13.5. The van der Waals surface area contributed by atoms with Crippen molar-refractivity contribution >= 4 is 16.6 Å². The Bertz CT molecular complexity index is 751. The molecule has 0 aliphatic carbocycles. The molecule has 0 unspecified atom stereocenters. The number of fused-ring (bicyclic) bond motifs is 1. The predicted molar refractivity (Wildman–Crippen MR) is 75.4 cm³/mol. The Morgan fingerprint density at radius 2 is 1.85 bits per heavy atom. The Morgan fingerprint density at radius 3 is 2.75 bits per heavy atom. The van der Waals surface area contributed by atoms with Crippen molar-refractivity contribution in [2.45, 2.75) is 6.54 Å². The molecule has 0 aliphatic heterocycles. The summed E-state index contributed by atoms with van der Waals surface area (Å²) in [5.41, 5.74) is 2.02. The second-order valence-corrected chi connectivity index (χ2v) is 4.46. The summed E-state index contributed by atoms with van der Waals surface area (Å²) >= 11 is 0. The highest BCUT2D eigenvalue weighted by molar-refractivity contribution is 5.82. The van der Waals surface area contributed by atoms with Gasteiger partial charge in [-0.05, 0) is 35.9 Å². The van der Waals surface area contributed by atoms with Crippen LogP contribution >= 0.6 is 0 Å². The van der Waals surface area contributed by atoms with Gasteiger partial charge >= 0.3 is 0 Å². The normalized spacial score (nSPS) is 10.7. The summed E-state index contributed by atoms with van der Waals surface area (Å²) in [6.45, 7) is 0.406. The molecule has 2 nitrogen and oxygen atoms in total. The number of hydrogen-bond donors (Lipinski definition) is 1. The van der Waals surface area contributed by atoms with Crippen molar-refractivity contribution in [1.82, 2.24) is 4.98 Å². The topological polar surface area (TPSA) is 24.9 Å². The van der Waals surface area contributed by atoms with Gasteiger partial charge in [0.1, 0.15) is 11.6 Å². The largest absolute Gasteiger partial charge is 0.378 e. The molecule has 3 rings (SSSR count). The fourth-order valence-electron chi connectivity index (χ4n) is 2.13. The second kappa shape index (κ2) is 5.25. The highest BCUT2D eigenvalue weighted by Gasteiger charge is 2.05. The number of benzene rings is 2. The number of aromatic nitrogens is 1. The van der Waals surface area contributed by atoms with Gasteiger partial charge in [-0.15, -0.1) is 0 Å². The molecule has 0 saturated carbocycles. The third-order valence-electron chi connectivity index (χ3n) is 3.14. The average molecular weight is 270 g/mol. The van der Waals surface area contributed by atoms with Gasteiger partial charge in [-0.2, -0.15) is 0 Å². The molecule has 0 atom stereocenters. The quantitative estimate of drug-likeness (QED) is 0.774. The van der Waals surface area contributed by atoms with Crippen LogP contribution in [0.5, 0.6) is 0 Å². The Morgan fingerprint density at radius 1 is 1.00 bits per heavy atom. The molecule has 0 radical (unpaired) electrons. The van der Waals surface area contributed by atoms with Crippen LogP contribution in [0.25, 0.3) is 10.9 Å². The SMILES string of the molecule is Fc1ccc(F)c(NCc2ccnc3ccccc23)c1. The van der Waals surface area contributed by atoms with Crippen LogP contribution in [-0.2, 0) is 6.54 Å². The van der Waals surface area contributed by atoms with Crippen molar-refractivity contribution in [3.05, 3.63) is 71.9 Å². The monoisotopic (exact) mass is 270 g/mol. The first kappa shape index (κ1) is 12.5. The minimum absolute atomic E-state index is 0.158. The standard InChI is InChI=1S/C16H12F2N2/c17-12-5-6-14(18)16(9-12)20-10-11-7-8-19-15-4-2-1-3-13(11)15/h1-9,20H,10H2. The number of nitrogens with one attached hydrogen (secondary N) is 1. The second-order valence-electron chi connectivity index (χ2n) is 4.46. The van der Waals surface area contributed by atoms with Gasteiger partial charge in [-0.1, -0.05) is 18.2 Å². The van der Waals surface area contributed by atoms with Crippen molar-refractivity contribution in [2.75, 3.05) is 5.32 Å². The lowest BCUT2D eigenvalue weighted by Gasteiger charge is -2.10. The first-order valence-electron chi connectivity index (χ1n) is 6.25. The maximum Gasteiger partial charge on any atom is 0.146 e. The molecule has 0 amide bonds. The van der Waals surface area contributed by atoms with Crippen LogP contribution in [0.3, 0.4) is 0 Å². The zero-order chi connectivity index (χ0) is 13.9. The van der Waals surface area contributed by atoms with Gasteiger partial charge in [0.05, 0.1) is 11.2 Å². The van der Waals surface area contributed by atoms with Crippen LogP contribution in [0.15, 0.2) is 54.7 Å². The van der Waals surface area contributed by atoms with E-state index >= 15 is 0 Å². The lowest BCUT2D eigenvalue weighted by Crippen LogP contribution is -2.02. The van der Waals surface area contributed by atoms with Gasteiger partial charge in [-0.25, -0.2) is 8.78 Å². The lowest BCUT2D eigenvalue weighted by molar-refractivity contribution is 0.602. The van der Waals surface area contributed by atoms with Crippen molar-refractivity contribution in [3.8, 4) is 0 Å². The van der Waals surface area contributed by atoms with Crippen LogP contribution in [0.2, 0.25) is 0 Å². The number of para-hydroxylation sites is 1. The Kier molecular flexibility index (Phi) is 3.29. The summed E-state index contributed by atoms with van der Waals surface area (Å²) in [5, 5.41) is 3.92. The Balaban J connectivity index is 1.89. The van der Waals surface area contributed by atoms with E-state index in [2.05, 4.69) is 10.3 Å². The van der Waals surface area contributed by atoms with Crippen molar-refractivity contribution in [2.24, 2.45) is 0 Å². The van der Waals surface area contributed by atoms with Crippen molar-refractivity contribution < 1.29 is 8.78 Å². The molecule has 1 heterocycles. The summed E-state index contributed by atoms with van der Waals surface area (Å²) in [4.78, 5) is 4.27. The van der Waals surface area contributed by atoms with Crippen LogP contribution < -0.4 is 5.32 Å². The summed E-state index contributed by atoms with van der Waals surface area (Å²) in [7, 11) is 0. The van der Waals surface area contributed by atoms with Crippen LogP contribution in [0.4, 0.5) is 14.5 Å². The van der Waals surface area contributed by atoms with Crippen molar-refractivity contribution in [1.29, 1.82) is 0 Å². The molecule has 0 fully saturated rings. The molecule has 4 heteroatoms. The molecule has 0 aliphatic rings. The summed E-state index contributed by atoms with van der Waals surface area (Å²) in [6.07, 6.45) is 1.71. The summed E-state index contributed by atoms with van der Waals surface area (Å²) in [6, 6.07) is 13.0. The fraction of sp³-hybridized carbons (Fsp3) is 0.0625. The molecule has 1 N–H and O–H groups in total. The molecule has 1 aromatic heterocycles. The van der Waals surface area contributed by atoms with E-state index in [1.165, 1.54) is 0 Å². The van der Waals surface area contributed by atoms with E-state index in [-0.39, 0.29) is 5.69 Å². The molecule has 3 aromatic rings. The van der Waals surface area contributed by atoms with E-state index in [9.17, 15) is 8.78 Å². The number of pyridine rings is 1. The average Bonchev–Trinajstić information content (AvgIpc) is 2.48. The zero-order valence-electron chi connectivity index (χ0n) is 10.6.